The fourth-order valence-corrected chi connectivity index (χ4v) is 3.21. The smallest absolute Gasteiger partial charge is 0.0346 e. The molecule has 1 heterocycles. The highest BCUT2D eigenvalue weighted by atomic mass is 32.1. The van der Waals surface area contributed by atoms with Gasteiger partial charge in [0.05, 0.1) is 0 Å². The number of benzene rings is 1. The van der Waals surface area contributed by atoms with Gasteiger partial charge in [0.25, 0.3) is 0 Å². The molecule has 1 aromatic carbocycles. The van der Waals surface area contributed by atoms with E-state index in [2.05, 4.69) is 60.6 Å². The molecule has 3 heteroatoms. The molecule has 0 aliphatic carbocycles. The third kappa shape index (κ3) is 4.03. The molecule has 0 amide bonds. The molecule has 0 atom stereocenters. The summed E-state index contributed by atoms with van der Waals surface area (Å²) in [6.45, 7) is 11.0. The second-order valence-electron chi connectivity index (χ2n) is 5.23. The fourth-order valence-electron chi connectivity index (χ4n) is 2.26. The summed E-state index contributed by atoms with van der Waals surface area (Å²) in [5, 5.41) is 7.22. The van der Waals surface area contributed by atoms with Crippen LogP contribution in [0.2, 0.25) is 0 Å². The Morgan fingerprint density at radius 3 is 2.79 bits per heavy atom. The van der Waals surface area contributed by atoms with Crippen molar-refractivity contribution in [2.45, 2.75) is 33.4 Å². The maximum Gasteiger partial charge on any atom is 0.0346 e. The van der Waals surface area contributed by atoms with E-state index < -0.39 is 0 Å². The first-order chi connectivity index (χ1) is 9.20. The molecule has 0 spiro atoms. The van der Waals surface area contributed by atoms with E-state index in [-0.39, 0.29) is 0 Å². The van der Waals surface area contributed by atoms with Gasteiger partial charge in [0.2, 0.25) is 0 Å². The van der Waals surface area contributed by atoms with Crippen LogP contribution in [-0.2, 0) is 6.54 Å². The third-order valence-corrected chi connectivity index (χ3v) is 4.40. The highest BCUT2D eigenvalue weighted by Gasteiger charge is 2.08. The molecule has 0 saturated heterocycles. The van der Waals surface area contributed by atoms with Crippen molar-refractivity contribution >= 4 is 21.4 Å². The molecule has 1 aromatic heterocycles. The number of hydrogen-bond donors (Lipinski definition) is 1. The first-order valence-electron chi connectivity index (χ1n) is 7.11. The van der Waals surface area contributed by atoms with Gasteiger partial charge in [-0.1, -0.05) is 39.0 Å². The summed E-state index contributed by atoms with van der Waals surface area (Å²) in [6.07, 6.45) is 0. The molecule has 2 nitrogen and oxygen atoms in total. The van der Waals surface area contributed by atoms with Gasteiger partial charge in [0, 0.05) is 30.4 Å². The predicted molar refractivity (Wildman–Crippen MR) is 85.9 cm³/mol. The van der Waals surface area contributed by atoms with Crippen LogP contribution in [0.4, 0.5) is 0 Å². The van der Waals surface area contributed by atoms with Crippen LogP contribution < -0.4 is 5.32 Å². The van der Waals surface area contributed by atoms with E-state index in [0.717, 1.165) is 26.2 Å². The summed E-state index contributed by atoms with van der Waals surface area (Å²) in [6, 6.07) is 9.27. The summed E-state index contributed by atoms with van der Waals surface area (Å²) in [7, 11) is 0. The Morgan fingerprint density at radius 1 is 1.26 bits per heavy atom. The Balaban J connectivity index is 1.97. The van der Waals surface area contributed by atoms with Crippen LogP contribution in [0.5, 0.6) is 0 Å². The van der Waals surface area contributed by atoms with Gasteiger partial charge in [-0.2, -0.15) is 0 Å². The number of fused-ring (bicyclic) bond motifs is 1. The minimum Gasteiger partial charge on any atom is -0.313 e. The Labute approximate surface area is 120 Å². The van der Waals surface area contributed by atoms with E-state index in [0.29, 0.717) is 6.04 Å². The number of hydrogen-bond acceptors (Lipinski definition) is 3. The molecule has 104 valence electrons. The summed E-state index contributed by atoms with van der Waals surface area (Å²) in [5.74, 6) is 0. The Morgan fingerprint density at radius 2 is 2.05 bits per heavy atom. The van der Waals surface area contributed by atoms with Crippen molar-refractivity contribution in [1.82, 2.24) is 10.2 Å². The number of likely N-dealkylation sites (N-methyl/N-ethyl adjacent to an activating group) is 1. The van der Waals surface area contributed by atoms with Crippen molar-refractivity contribution in [3.63, 3.8) is 0 Å². The molecule has 0 fully saturated rings. The SMILES string of the molecule is CCN(CCNC(C)C)Cc1csc2ccccc12. The molecule has 19 heavy (non-hydrogen) atoms. The Kier molecular flexibility index (Phi) is 5.37. The minimum atomic E-state index is 0.570. The zero-order valence-corrected chi connectivity index (χ0v) is 13.0. The van der Waals surface area contributed by atoms with Crippen LogP contribution in [0.15, 0.2) is 29.6 Å². The van der Waals surface area contributed by atoms with Gasteiger partial charge >= 0.3 is 0 Å². The first-order valence-corrected chi connectivity index (χ1v) is 7.99. The molecule has 0 saturated carbocycles. The van der Waals surface area contributed by atoms with Crippen molar-refractivity contribution in [3.8, 4) is 0 Å². The lowest BCUT2D eigenvalue weighted by atomic mass is 10.1. The lowest BCUT2D eigenvalue weighted by Gasteiger charge is -2.21. The maximum absolute atomic E-state index is 3.49. The van der Waals surface area contributed by atoms with Gasteiger partial charge in [-0.05, 0) is 28.9 Å². The molecule has 2 aromatic rings. The number of thiophene rings is 1. The van der Waals surface area contributed by atoms with Crippen LogP contribution in [0.1, 0.15) is 26.3 Å². The molecule has 0 radical (unpaired) electrons. The first kappa shape index (κ1) is 14.5. The zero-order chi connectivity index (χ0) is 13.7. The van der Waals surface area contributed by atoms with Gasteiger partial charge in [0.15, 0.2) is 0 Å². The van der Waals surface area contributed by atoms with E-state index in [1.807, 2.05) is 11.3 Å². The molecule has 1 N–H and O–H groups in total. The van der Waals surface area contributed by atoms with Crippen LogP contribution in [0, 0.1) is 0 Å². The van der Waals surface area contributed by atoms with Crippen LogP contribution >= 0.6 is 11.3 Å². The zero-order valence-electron chi connectivity index (χ0n) is 12.1. The number of nitrogens with one attached hydrogen (secondary N) is 1. The highest BCUT2D eigenvalue weighted by molar-refractivity contribution is 7.17. The molecule has 0 unspecified atom stereocenters. The molecular weight excluding hydrogens is 252 g/mol. The summed E-state index contributed by atoms with van der Waals surface area (Å²) < 4.78 is 1.40. The largest absolute Gasteiger partial charge is 0.313 e. The molecule has 0 aliphatic heterocycles. The van der Waals surface area contributed by atoms with Gasteiger partial charge < -0.3 is 5.32 Å². The third-order valence-electron chi connectivity index (χ3n) is 3.38. The normalized spacial score (nSPS) is 11.8. The van der Waals surface area contributed by atoms with E-state index in [1.165, 1.54) is 15.6 Å². The van der Waals surface area contributed by atoms with Gasteiger partial charge in [-0.3, -0.25) is 4.90 Å². The quantitative estimate of drug-likeness (QED) is 0.829. The minimum absolute atomic E-state index is 0.570. The fraction of sp³-hybridized carbons (Fsp3) is 0.500. The Bertz CT molecular complexity index is 504. The average Bonchev–Trinajstić information content (AvgIpc) is 2.80. The standard InChI is InChI=1S/C16H24N2S/c1-4-18(10-9-17-13(2)3)11-14-12-19-16-8-6-5-7-15(14)16/h5-8,12-13,17H,4,9-11H2,1-3H3. The molecular formula is C16H24N2S. The summed E-state index contributed by atoms with van der Waals surface area (Å²) in [5.41, 5.74) is 1.46. The van der Waals surface area contributed by atoms with E-state index in [9.17, 15) is 0 Å². The van der Waals surface area contributed by atoms with Crippen molar-refractivity contribution in [2.24, 2.45) is 0 Å². The van der Waals surface area contributed by atoms with Crippen molar-refractivity contribution in [1.29, 1.82) is 0 Å². The second-order valence-corrected chi connectivity index (χ2v) is 6.15. The van der Waals surface area contributed by atoms with Crippen LogP contribution in [-0.4, -0.2) is 30.6 Å². The van der Waals surface area contributed by atoms with Crippen LogP contribution in [0.3, 0.4) is 0 Å². The van der Waals surface area contributed by atoms with Crippen molar-refractivity contribution in [3.05, 3.63) is 35.2 Å². The van der Waals surface area contributed by atoms with Crippen molar-refractivity contribution in [2.75, 3.05) is 19.6 Å². The average molecular weight is 276 g/mol. The highest BCUT2D eigenvalue weighted by Crippen LogP contribution is 2.26. The molecule has 0 bridgehead atoms. The van der Waals surface area contributed by atoms with Gasteiger partial charge in [-0.15, -0.1) is 11.3 Å². The summed E-state index contributed by atoms with van der Waals surface area (Å²) >= 11 is 1.85. The monoisotopic (exact) mass is 276 g/mol. The molecule has 2 rings (SSSR count). The van der Waals surface area contributed by atoms with E-state index in [4.69, 9.17) is 0 Å². The lowest BCUT2D eigenvalue weighted by Crippen LogP contribution is -2.34. The van der Waals surface area contributed by atoms with Crippen molar-refractivity contribution < 1.29 is 0 Å². The maximum atomic E-state index is 3.49. The number of rotatable bonds is 7. The predicted octanol–water partition coefficient (Wildman–Crippen LogP) is 3.72. The van der Waals surface area contributed by atoms with Gasteiger partial charge in [-0.25, -0.2) is 0 Å². The topological polar surface area (TPSA) is 15.3 Å². The lowest BCUT2D eigenvalue weighted by molar-refractivity contribution is 0.277. The summed E-state index contributed by atoms with van der Waals surface area (Å²) in [4.78, 5) is 2.50. The second kappa shape index (κ2) is 7.04. The van der Waals surface area contributed by atoms with E-state index >= 15 is 0 Å². The van der Waals surface area contributed by atoms with Gasteiger partial charge in [0.1, 0.15) is 0 Å². The van der Waals surface area contributed by atoms with E-state index in [1.54, 1.807) is 0 Å². The number of nitrogens with zero attached hydrogens (tertiary/aromatic N) is 1. The van der Waals surface area contributed by atoms with Crippen LogP contribution in [0.25, 0.3) is 10.1 Å². The molecule has 0 aliphatic rings. The Hall–Kier alpha value is -0.900.